The Balaban J connectivity index is 2.52. The molecule has 1 atom stereocenters. The molecule has 3 amide bonds. The van der Waals surface area contributed by atoms with E-state index in [9.17, 15) is 14.0 Å². The maximum absolute atomic E-state index is 12.8. The van der Waals surface area contributed by atoms with E-state index in [1.54, 1.807) is 12.1 Å². The molecule has 6 heteroatoms. The van der Waals surface area contributed by atoms with Crippen molar-refractivity contribution in [1.29, 1.82) is 0 Å². The lowest BCUT2D eigenvalue weighted by molar-refractivity contribution is -0.123. The topological polar surface area (TPSA) is 70.2 Å². The van der Waals surface area contributed by atoms with Crippen molar-refractivity contribution in [2.75, 3.05) is 0 Å². The van der Waals surface area contributed by atoms with Crippen LogP contribution >= 0.6 is 0 Å². The number of hydrogen-bond acceptors (Lipinski definition) is 2. The van der Waals surface area contributed by atoms with E-state index in [0.717, 1.165) is 24.8 Å². The van der Waals surface area contributed by atoms with Gasteiger partial charge in [0.1, 0.15) is 11.9 Å². The van der Waals surface area contributed by atoms with E-state index >= 15 is 0 Å². The van der Waals surface area contributed by atoms with Crippen molar-refractivity contribution in [2.45, 2.75) is 65.1 Å². The smallest absolute Gasteiger partial charge is 0.315 e. The van der Waals surface area contributed by atoms with Crippen LogP contribution in [0.1, 0.15) is 52.0 Å². The van der Waals surface area contributed by atoms with Crippen LogP contribution in [0.2, 0.25) is 0 Å². The van der Waals surface area contributed by atoms with Gasteiger partial charge >= 0.3 is 6.03 Å². The molecule has 0 aliphatic rings. The summed E-state index contributed by atoms with van der Waals surface area (Å²) in [6.07, 6.45) is 3.09. The second-order valence-corrected chi connectivity index (χ2v) is 5.82. The molecule has 0 fully saturated rings. The molecule has 0 aliphatic heterocycles. The number of rotatable bonds is 9. The van der Waals surface area contributed by atoms with Gasteiger partial charge in [-0.05, 0) is 37.0 Å². The summed E-state index contributed by atoms with van der Waals surface area (Å²) in [6, 6.07) is 5.08. The van der Waals surface area contributed by atoms with Crippen LogP contribution in [0, 0.1) is 5.82 Å². The Morgan fingerprint density at radius 2 is 1.67 bits per heavy atom. The SMILES string of the molecule is CCC[C@H](NC(=O)NCc1ccc(F)cc1)C(=O)NC(CC)CC. The zero-order valence-corrected chi connectivity index (χ0v) is 14.7. The highest BCUT2D eigenvalue weighted by Crippen LogP contribution is 2.03. The molecule has 0 saturated heterocycles. The third-order valence-electron chi connectivity index (χ3n) is 3.90. The van der Waals surface area contributed by atoms with Crippen molar-refractivity contribution in [2.24, 2.45) is 0 Å². The molecule has 0 spiro atoms. The van der Waals surface area contributed by atoms with E-state index in [-0.39, 0.29) is 24.3 Å². The number of carbonyl (C=O) groups excluding carboxylic acids is 2. The Hall–Kier alpha value is -2.11. The number of hydrogen-bond donors (Lipinski definition) is 3. The zero-order valence-electron chi connectivity index (χ0n) is 14.7. The number of carbonyl (C=O) groups is 2. The zero-order chi connectivity index (χ0) is 17.9. The molecule has 0 aromatic heterocycles. The van der Waals surface area contributed by atoms with Gasteiger partial charge in [0.05, 0.1) is 0 Å². The monoisotopic (exact) mass is 337 g/mol. The highest BCUT2D eigenvalue weighted by molar-refractivity contribution is 5.87. The van der Waals surface area contributed by atoms with Crippen molar-refractivity contribution < 1.29 is 14.0 Å². The van der Waals surface area contributed by atoms with Crippen LogP contribution in [0.4, 0.5) is 9.18 Å². The molecule has 134 valence electrons. The van der Waals surface area contributed by atoms with Crippen LogP contribution in [-0.2, 0) is 11.3 Å². The Morgan fingerprint density at radius 1 is 1.04 bits per heavy atom. The molecule has 0 radical (unpaired) electrons. The van der Waals surface area contributed by atoms with Crippen LogP contribution < -0.4 is 16.0 Å². The summed E-state index contributed by atoms with van der Waals surface area (Å²) in [5.41, 5.74) is 0.792. The average Bonchev–Trinajstić information content (AvgIpc) is 2.58. The second kappa shape index (κ2) is 10.6. The van der Waals surface area contributed by atoms with Crippen molar-refractivity contribution in [1.82, 2.24) is 16.0 Å². The first-order valence-corrected chi connectivity index (χ1v) is 8.59. The molecule has 5 nitrogen and oxygen atoms in total. The van der Waals surface area contributed by atoms with Gasteiger partial charge in [0.2, 0.25) is 5.91 Å². The van der Waals surface area contributed by atoms with Gasteiger partial charge in [0.15, 0.2) is 0 Å². The lowest BCUT2D eigenvalue weighted by Crippen LogP contribution is -2.51. The maximum Gasteiger partial charge on any atom is 0.315 e. The van der Waals surface area contributed by atoms with Gasteiger partial charge in [-0.1, -0.05) is 39.3 Å². The van der Waals surface area contributed by atoms with Crippen LogP contribution in [0.3, 0.4) is 0 Å². The fourth-order valence-electron chi connectivity index (χ4n) is 2.35. The van der Waals surface area contributed by atoms with Crippen molar-refractivity contribution >= 4 is 11.9 Å². The quantitative estimate of drug-likeness (QED) is 0.648. The first kappa shape index (κ1) is 19.9. The van der Waals surface area contributed by atoms with Gasteiger partial charge in [-0.2, -0.15) is 0 Å². The van der Waals surface area contributed by atoms with E-state index < -0.39 is 12.1 Å². The molecule has 1 rings (SSSR count). The predicted octanol–water partition coefficient (Wildman–Crippen LogP) is 3.10. The lowest BCUT2D eigenvalue weighted by atomic mass is 10.1. The molecule has 1 aromatic carbocycles. The first-order valence-electron chi connectivity index (χ1n) is 8.59. The summed E-state index contributed by atoms with van der Waals surface area (Å²) in [5, 5.41) is 8.37. The summed E-state index contributed by atoms with van der Waals surface area (Å²) < 4.78 is 12.8. The molecule has 0 unspecified atom stereocenters. The van der Waals surface area contributed by atoms with Crippen molar-refractivity contribution in [3.63, 3.8) is 0 Å². The highest BCUT2D eigenvalue weighted by atomic mass is 19.1. The van der Waals surface area contributed by atoms with Gasteiger partial charge < -0.3 is 16.0 Å². The number of nitrogens with one attached hydrogen (secondary N) is 3. The molecule has 3 N–H and O–H groups in total. The van der Waals surface area contributed by atoms with Crippen molar-refractivity contribution in [3.05, 3.63) is 35.6 Å². The molecule has 1 aromatic rings. The van der Waals surface area contributed by atoms with Gasteiger partial charge in [0.25, 0.3) is 0 Å². The summed E-state index contributed by atoms with van der Waals surface area (Å²) in [5.74, 6) is -0.466. The summed E-state index contributed by atoms with van der Waals surface area (Å²) in [7, 11) is 0. The minimum atomic E-state index is -0.552. The number of benzene rings is 1. The molecule has 0 aliphatic carbocycles. The van der Waals surface area contributed by atoms with E-state index in [1.807, 2.05) is 20.8 Å². The number of halogens is 1. The fourth-order valence-corrected chi connectivity index (χ4v) is 2.35. The summed E-state index contributed by atoms with van der Waals surface area (Å²) in [4.78, 5) is 24.3. The van der Waals surface area contributed by atoms with Crippen LogP contribution in [-0.4, -0.2) is 24.0 Å². The molecule has 24 heavy (non-hydrogen) atoms. The van der Waals surface area contributed by atoms with Gasteiger partial charge in [-0.15, -0.1) is 0 Å². The lowest BCUT2D eigenvalue weighted by Gasteiger charge is -2.22. The highest BCUT2D eigenvalue weighted by Gasteiger charge is 2.21. The number of urea groups is 1. The van der Waals surface area contributed by atoms with Crippen LogP contribution in [0.15, 0.2) is 24.3 Å². The maximum atomic E-state index is 12.8. The number of amides is 3. The Labute approximate surface area is 143 Å². The van der Waals surface area contributed by atoms with Gasteiger partial charge in [-0.3, -0.25) is 4.79 Å². The Kier molecular flexibility index (Phi) is 8.83. The van der Waals surface area contributed by atoms with E-state index in [2.05, 4.69) is 16.0 Å². The standard InChI is InChI=1S/C18H28FN3O2/c1-4-7-16(17(23)21-15(5-2)6-3)22-18(24)20-12-13-8-10-14(19)11-9-13/h8-11,15-16H,4-7,12H2,1-3H3,(H,21,23)(H2,20,22,24)/t16-/m0/s1. The fraction of sp³-hybridized carbons (Fsp3) is 0.556. The molecular formula is C18H28FN3O2. The molecule has 0 saturated carbocycles. The Morgan fingerprint density at radius 3 is 2.21 bits per heavy atom. The molecular weight excluding hydrogens is 309 g/mol. The van der Waals surface area contributed by atoms with E-state index in [1.165, 1.54) is 12.1 Å². The second-order valence-electron chi connectivity index (χ2n) is 5.82. The van der Waals surface area contributed by atoms with E-state index in [4.69, 9.17) is 0 Å². The van der Waals surface area contributed by atoms with Crippen LogP contribution in [0.5, 0.6) is 0 Å². The molecule has 0 bridgehead atoms. The van der Waals surface area contributed by atoms with Crippen LogP contribution in [0.25, 0.3) is 0 Å². The average molecular weight is 337 g/mol. The predicted molar refractivity (Wildman–Crippen MR) is 93.0 cm³/mol. The minimum absolute atomic E-state index is 0.126. The Bertz CT molecular complexity index is 516. The third kappa shape index (κ3) is 6.98. The minimum Gasteiger partial charge on any atom is -0.352 e. The normalized spacial score (nSPS) is 11.9. The van der Waals surface area contributed by atoms with Gasteiger partial charge in [-0.25, -0.2) is 9.18 Å². The molecule has 0 heterocycles. The largest absolute Gasteiger partial charge is 0.352 e. The summed E-state index contributed by atoms with van der Waals surface area (Å²) >= 11 is 0. The summed E-state index contributed by atoms with van der Waals surface area (Å²) in [6.45, 7) is 6.28. The van der Waals surface area contributed by atoms with Crippen molar-refractivity contribution in [3.8, 4) is 0 Å². The third-order valence-corrected chi connectivity index (χ3v) is 3.90. The van der Waals surface area contributed by atoms with Gasteiger partial charge in [0, 0.05) is 12.6 Å². The van der Waals surface area contributed by atoms with E-state index in [0.29, 0.717) is 6.42 Å². The first-order chi connectivity index (χ1) is 11.5.